The number of sulfonamides is 1. The van der Waals surface area contributed by atoms with E-state index >= 15 is 0 Å². The fourth-order valence-corrected chi connectivity index (χ4v) is 4.88. The molecule has 1 aliphatic rings. The van der Waals surface area contributed by atoms with Gasteiger partial charge in [0.2, 0.25) is 10.0 Å². The molecule has 0 atom stereocenters. The van der Waals surface area contributed by atoms with Crippen LogP contribution in [0.15, 0.2) is 41.3 Å². The number of nitrogens with zero attached hydrogens (tertiary/aromatic N) is 2. The third kappa shape index (κ3) is 5.40. The summed E-state index contributed by atoms with van der Waals surface area (Å²) in [6, 6.07) is 8.29. The number of aryl methyl sites for hydroxylation is 2. The van der Waals surface area contributed by atoms with Gasteiger partial charge in [-0.15, -0.1) is 0 Å². The van der Waals surface area contributed by atoms with Gasteiger partial charge in [0.15, 0.2) is 11.6 Å². The van der Waals surface area contributed by atoms with Crippen molar-refractivity contribution in [2.75, 3.05) is 19.7 Å². The summed E-state index contributed by atoms with van der Waals surface area (Å²) >= 11 is 0. The van der Waals surface area contributed by atoms with E-state index in [9.17, 15) is 22.0 Å². The van der Waals surface area contributed by atoms with Gasteiger partial charge in [0, 0.05) is 24.5 Å². The average Bonchev–Trinajstić information content (AvgIpc) is 2.73. The Morgan fingerprint density at radius 3 is 2.57 bits per heavy atom. The number of benzene rings is 1. The Hall–Kier alpha value is -2.39. The van der Waals surface area contributed by atoms with Crippen LogP contribution in [0.25, 0.3) is 0 Å². The molecule has 1 aromatic heterocycles. The van der Waals surface area contributed by atoms with Gasteiger partial charge >= 0.3 is 5.97 Å². The highest BCUT2D eigenvalue weighted by Crippen LogP contribution is 2.25. The van der Waals surface area contributed by atoms with Crippen molar-refractivity contribution in [1.82, 2.24) is 9.29 Å². The summed E-state index contributed by atoms with van der Waals surface area (Å²) in [5.74, 6) is -3.03. The molecule has 0 spiro atoms. The van der Waals surface area contributed by atoms with Gasteiger partial charge in [0.1, 0.15) is 0 Å². The summed E-state index contributed by atoms with van der Waals surface area (Å²) < 4.78 is 58.2. The lowest BCUT2D eigenvalue weighted by Gasteiger charge is -2.30. The number of halogens is 2. The molecule has 1 aliphatic heterocycles. The molecule has 6 nitrogen and oxygen atoms in total. The van der Waals surface area contributed by atoms with E-state index in [0.717, 1.165) is 23.5 Å². The Morgan fingerprint density at radius 2 is 1.90 bits per heavy atom. The standard InChI is InChI=1S/C21H24F2N2O4S/c1-15-4-2-5-17(24-15)6-3-13-29-21(26)16-9-11-25(12-10-16)30(27,28)18-7-8-19(22)20(23)14-18/h2,4-5,7-8,14,16H,3,6,9-13H2,1H3. The molecule has 162 valence electrons. The Bertz CT molecular complexity index is 1010. The maximum atomic E-state index is 13.4. The van der Waals surface area contributed by atoms with Gasteiger partial charge in [-0.1, -0.05) is 6.07 Å². The molecule has 0 radical (unpaired) electrons. The van der Waals surface area contributed by atoms with Crippen molar-refractivity contribution in [2.24, 2.45) is 5.92 Å². The molecular formula is C21H24F2N2O4S. The normalized spacial score (nSPS) is 15.8. The summed E-state index contributed by atoms with van der Waals surface area (Å²) in [7, 11) is -3.94. The average molecular weight is 438 g/mol. The summed E-state index contributed by atoms with van der Waals surface area (Å²) in [6.07, 6.45) is 2.01. The number of piperidine rings is 1. The lowest BCUT2D eigenvalue weighted by Crippen LogP contribution is -2.40. The number of aromatic nitrogens is 1. The Morgan fingerprint density at radius 1 is 1.17 bits per heavy atom. The Kier molecular flexibility index (Phi) is 7.14. The molecule has 0 aliphatic carbocycles. The van der Waals surface area contributed by atoms with Gasteiger partial charge in [0.05, 0.1) is 17.4 Å². The summed E-state index contributed by atoms with van der Waals surface area (Å²) in [5, 5.41) is 0. The van der Waals surface area contributed by atoms with Crippen LogP contribution < -0.4 is 0 Å². The molecule has 0 amide bonds. The molecule has 0 unspecified atom stereocenters. The zero-order valence-electron chi connectivity index (χ0n) is 16.7. The van der Waals surface area contributed by atoms with Crippen LogP contribution in [-0.4, -0.2) is 43.4 Å². The van der Waals surface area contributed by atoms with Gasteiger partial charge in [-0.2, -0.15) is 4.31 Å². The Labute approximate surface area is 174 Å². The molecule has 3 rings (SSSR count). The van der Waals surface area contributed by atoms with Crippen molar-refractivity contribution in [3.05, 3.63) is 59.4 Å². The molecule has 1 saturated heterocycles. The van der Waals surface area contributed by atoms with Gasteiger partial charge in [0.25, 0.3) is 0 Å². The highest BCUT2D eigenvalue weighted by molar-refractivity contribution is 7.89. The van der Waals surface area contributed by atoms with Crippen molar-refractivity contribution in [1.29, 1.82) is 0 Å². The number of ether oxygens (including phenoxy) is 1. The number of pyridine rings is 1. The minimum Gasteiger partial charge on any atom is -0.465 e. The molecular weight excluding hydrogens is 414 g/mol. The monoisotopic (exact) mass is 438 g/mol. The third-order valence-electron chi connectivity index (χ3n) is 5.08. The largest absolute Gasteiger partial charge is 0.465 e. The van der Waals surface area contributed by atoms with E-state index in [1.54, 1.807) is 0 Å². The molecule has 2 aromatic rings. The maximum absolute atomic E-state index is 13.4. The fourth-order valence-electron chi connectivity index (χ4n) is 3.40. The van der Waals surface area contributed by atoms with Crippen LogP contribution in [0.3, 0.4) is 0 Å². The highest BCUT2D eigenvalue weighted by Gasteiger charge is 2.33. The van der Waals surface area contributed by atoms with Gasteiger partial charge in [-0.25, -0.2) is 17.2 Å². The Balaban J connectivity index is 1.46. The lowest BCUT2D eigenvalue weighted by molar-refractivity contribution is -0.149. The van der Waals surface area contributed by atoms with Crippen LogP contribution in [-0.2, 0) is 26.0 Å². The predicted molar refractivity (Wildman–Crippen MR) is 106 cm³/mol. The number of esters is 1. The van der Waals surface area contributed by atoms with Crippen LogP contribution in [0, 0.1) is 24.5 Å². The SMILES string of the molecule is Cc1cccc(CCCOC(=O)C2CCN(S(=O)(=O)c3ccc(F)c(F)c3)CC2)n1. The topological polar surface area (TPSA) is 76.6 Å². The first-order valence-electron chi connectivity index (χ1n) is 9.82. The second-order valence-electron chi connectivity index (χ2n) is 7.30. The number of hydrogen-bond donors (Lipinski definition) is 0. The molecule has 0 bridgehead atoms. The quantitative estimate of drug-likeness (QED) is 0.490. The van der Waals surface area contributed by atoms with Crippen molar-refractivity contribution in [2.45, 2.75) is 37.5 Å². The summed E-state index contributed by atoms with van der Waals surface area (Å²) in [6.45, 7) is 2.44. The number of hydrogen-bond acceptors (Lipinski definition) is 5. The molecule has 9 heteroatoms. The van der Waals surface area contributed by atoms with E-state index < -0.39 is 21.7 Å². The second-order valence-corrected chi connectivity index (χ2v) is 9.23. The smallest absolute Gasteiger partial charge is 0.309 e. The molecule has 0 saturated carbocycles. The zero-order valence-corrected chi connectivity index (χ0v) is 17.5. The molecule has 2 heterocycles. The number of carbonyl (C=O) groups excluding carboxylic acids is 1. The first kappa shape index (κ1) is 22.3. The first-order chi connectivity index (χ1) is 14.3. The fraction of sp³-hybridized carbons (Fsp3) is 0.429. The first-order valence-corrected chi connectivity index (χ1v) is 11.3. The lowest BCUT2D eigenvalue weighted by atomic mass is 9.98. The minimum absolute atomic E-state index is 0.119. The van der Waals surface area contributed by atoms with Crippen molar-refractivity contribution < 1.29 is 26.7 Å². The van der Waals surface area contributed by atoms with Gasteiger partial charge in [-0.05, 0) is 62.9 Å². The number of rotatable bonds is 7. The van der Waals surface area contributed by atoms with Gasteiger partial charge in [-0.3, -0.25) is 9.78 Å². The molecule has 30 heavy (non-hydrogen) atoms. The number of carbonyl (C=O) groups is 1. The second kappa shape index (κ2) is 9.61. The highest BCUT2D eigenvalue weighted by atomic mass is 32.2. The van der Waals surface area contributed by atoms with Crippen molar-refractivity contribution in [3.63, 3.8) is 0 Å². The molecule has 0 N–H and O–H groups in total. The van der Waals surface area contributed by atoms with Crippen molar-refractivity contribution >= 4 is 16.0 Å². The zero-order chi connectivity index (χ0) is 21.7. The third-order valence-corrected chi connectivity index (χ3v) is 6.98. The molecule has 1 fully saturated rings. The van der Waals surface area contributed by atoms with Crippen molar-refractivity contribution in [3.8, 4) is 0 Å². The van der Waals surface area contributed by atoms with E-state index in [1.807, 2.05) is 25.1 Å². The van der Waals surface area contributed by atoms with Crippen LogP contribution >= 0.6 is 0 Å². The summed E-state index contributed by atoms with van der Waals surface area (Å²) in [4.78, 5) is 16.4. The van der Waals surface area contributed by atoms with E-state index in [1.165, 1.54) is 4.31 Å². The summed E-state index contributed by atoms with van der Waals surface area (Å²) in [5.41, 5.74) is 1.89. The van der Waals surface area contributed by atoms with E-state index in [0.29, 0.717) is 31.7 Å². The van der Waals surface area contributed by atoms with Crippen LogP contribution in [0.1, 0.15) is 30.7 Å². The van der Waals surface area contributed by atoms with Crippen LogP contribution in [0.5, 0.6) is 0 Å². The van der Waals surface area contributed by atoms with E-state index in [2.05, 4.69) is 4.98 Å². The molecule has 1 aromatic carbocycles. The van der Waals surface area contributed by atoms with Crippen LogP contribution in [0.4, 0.5) is 8.78 Å². The predicted octanol–water partition coefficient (Wildman–Crippen LogP) is 3.24. The minimum atomic E-state index is -3.94. The van der Waals surface area contributed by atoms with Gasteiger partial charge < -0.3 is 4.74 Å². The van der Waals surface area contributed by atoms with E-state index in [4.69, 9.17) is 4.74 Å². The van der Waals surface area contributed by atoms with Crippen LogP contribution in [0.2, 0.25) is 0 Å². The maximum Gasteiger partial charge on any atom is 0.309 e. The van der Waals surface area contributed by atoms with E-state index in [-0.39, 0.29) is 36.5 Å².